The summed E-state index contributed by atoms with van der Waals surface area (Å²) >= 11 is 0. The molecule has 0 saturated carbocycles. The molecule has 1 aliphatic rings. The van der Waals surface area contributed by atoms with Gasteiger partial charge in [-0.3, -0.25) is 4.79 Å². The number of hydrogen-bond acceptors (Lipinski definition) is 5. The highest BCUT2D eigenvalue weighted by Gasteiger charge is 2.24. The molecule has 1 N–H and O–H groups in total. The van der Waals surface area contributed by atoms with Crippen molar-refractivity contribution in [1.82, 2.24) is 10.3 Å². The van der Waals surface area contributed by atoms with Gasteiger partial charge >= 0.3 is 0 Å². The summed E-state index contributed by atoms with van der Waals surface area (Å²) in [6.07, 6.45) is 7.02. The van der Waals surface area contributed by atoms with Crippen molar-refractivity contribution in [1.29, 1.82) is 0 Å². The van der Waals surface area contributed by atoms with Gasteiger partial charge in [-0.15, -0.1) is 0 Å². The Labute approximate surface area is 142 Å². The third kappa shape index (κ3) is 4.63. The van der Waals surface area contributed by atoms with Crippen LogP contribution in [0.3, 0.4) is 0 Å². The molecule has 2 heterocycles. The fourth-order valence-electron chi connectivity index (χ4n) is 3.23. The number of aldehydes is 2. The van der Waals surface area contributed by atoms with Crippen LogP contribution < -0.4 is 10.2 Å². The third-order valence-electron chi connectivity index (χ3n) is 4.61. The molecule has 2 rings (SSSR count). The lowest BCUT2D eigenvalue weighted by atomic mass is 9.95. The maximum absolute atomic E-state index is 12.0. The molecular weight excluding hydrogens is 306 g/mol. The van der Waals surface area contributed by atoms with Crippen molar-refractivity contribution in [3.63, 3.8) is 0 Å². The number of pyridine rings is 1. The normalized spacial score (nSPS) is 18.2. The first-order chi connectivity index (χ1) is 11.7. The van der Waals surface area contributed by atoms with Crippen molar-refractivity contribution in [2.24, 2.45) is 5.92 Å². The molecule has 130 valence electrons. The largest absolute Gasteiger partial charge is 0.359 e. The summed E-state index contributed by atoms with van der Waals surface area (Å²) in [5, 5.41) is 2.65. The van der Waals surface area contributed by atoms with E-state index in [4.69, 9.17) is 0 Å². The number of anilines is 1. The third-order valence-corrected chi connectivity index (χ3v) is 4.61. The number of rotatable bonds is 9. The number of nitrogens with one attached hydrogen (secondary N) is 1. The Bertz CT molecular complexity index is 559. The summed E-state index contributed by atoms with van der Waals surface area (Å²) in [6, 6.07) is 3.86. The lowest BCUT2D eigenvalue weighted by Crippen LogP contribution is -2.26. The van der Waals surface area contributed by atoms with Crippen molar-refractivity contribution in [3.8, 4) is 0 Å². The molecule has 24 heavy (non-hydrogen) atoms. The first kappa shape index (κ1) is 18.1. The summed E-state index contributed by atoms with van der Waals surface area (Å²) in [4.78, 5) is 39.8. The molecule has 0 aromatic carbocycles. The lowest BCUT2D eigenvalue weighted by Gasteiger charge is -2.19. The molecule has 0 bridgehead atoms. The maximum atomic E-state index is 12.0. The highest BCUT2D eigenvalue weighted by Crippen LogP contribution is 2.27. The van der Waals surface area contributed by atoms with Gasteiger partial charge in [0.05, 0.1) is 5.92 Å². The Morgan fingerprint density at radius 3 is 2.79 bits per heavy atom. The zero-order chi connectivity index (χ0) is 17.4. The topological polar surface area (TPSA) is 79.4 Å². The monoisotopic (exact) mass is 331 g/mol. The standard InChI is InChI=1S/C18H25N3O3/c1-19-18(24)16(5-3-11-23)15-6-7-17(20-12-15)21-9-8-14(13-21)4-2-10-22/h6-7,10-12,14,16H,2-5,8-9,13H2,1H3,(H,19,24). The fraction of sp³-hybridized carbons (Fsp3) is 0.556. The molecule has 0 radical (unpaired) electrons. The van der Waals surface area contributed by atoms with E-state index in [-0.39, 0.29) is 11.8 Å². The van der Waals surface area contributed by atoms with Gasteiger partial charge in [-0.2, -0.15) is 0 Å². The van der Waals surface area contributed by atoms with Crippen LogP contribution in [0.4, 0.5) is 5.82 Å². The van der Waals surface area contributed by atoms with Crippen LogP contribution in [0.5, 0.6) is 0 Å². The average Bonchev–Trinajstić information content (AvgIpc) is 3.09. The van der Waals surface area contributed by atoms with Gasteiger partial charge in [0.25, 0.3) is 0 Å². The van der Waals surface area contributed by atoms with Gasteiger partial charge in [0.15, 0.2) is 0 Å². The van der Waals surface area contributed by atoms with Crippen LogP contribution in [0, 0.1) is 5.92 Å². The van der Waals surface area contributed by atoms with E-state index in [2.05, 4.69) is 15.2 Å². The lowest BCUT2D eigenvalue weighted by molar-refractivity contribution is -0.122. The minimum Gasteiger partial charge on any atom is -0.359 e. The van der Waals surface area contributed by atoms with E-state index in [0.717, 1.165) is 49.9 Å². The number of carbonyl (C=O) groups is 3. The van der Waals surface area contributed by atoms with E-state index >= 15 is 0 Å². The van der Waals surface area contributed by atoms with Crippen LogP contribution >= 0.6 is 0 Å². The molecule has 1 fully saturated rings. The fourth-order valence-corrected chi connectivity index (χ4v) is 3.23. The van der Waals surface area contributed by atoms with Crippen LogP contribution in [0.25, 0.3) is 0 Å². The van der Waals surface area contributed by atoms with E-state index in [1.807, 2.05) is 12.1 Å². The molecule has 1 aromatic heterocycles. The van der Waals surface area contributed by atoms with Crippen molar-refractivity contribution in [3.05, 3.63) is 23.9 Å². The van der Waals surface area contributed by atoms with Crippen LogP contribution in [0.15, 0.2) is 18.3 Å². The Kier molecular flexibility index (Phi) is 6.90. The first-order valence-electron chi connectivity index (χ1n) is 8.49. The summed E-state index contributed by atoms with van der Waals surface area (Å²) in [5.41, 5.74) is 0.830. The molecule has 2 atom stereocenters. The van der Waals surface area contributed by atoms with E-state index < -0.39 is 0 Å². The SMILES string of the molecule is CNC(=O)C(CCC=O)c1ccc(N2CCC(CCC=O)C2)nc1. The number of likely N-dealkylation sites (N-methyl/N-ethyl adjacent to an activating group) is 1. The Hall–Kier alpha value is -2.24. The van der Waals surface area contributed by atoms with E-state index in [0.29, 0.717) is 25.2 Å². The number of hydrogen-bond donors (Lipinski definition) is 1. The summed E-state index contributed by atoms with van der Waals surface area (Å²) in [6.45, 7) is 1.87. The van der Waals surface area contributed by atoms with Crippen molar-refractivity contribution >= 4 is 24.3 Å². The second kappa shape index (κ2) is 9.15. The molecule has 0 spiro atoms. The van der Waals surface area contributed by atoms with Crippen LogP contribution in [-0.4, -0.2) is 43.6 Å². The van der Waals surface area contributed by atoms with Gasteiger partial charge in [0.1, 0.15) is 18.4 Å². The van der Waals surface area contributed by atoms with Crippen molar-refractivity contribution in [2.45, 2.75) is 38.0 Å². The van der Waals surface area contributed by atoms with E-state index in [1.165, 1.54) is 0 Å². The minimum absolute atomic E-state index is 0.0958. The van der Waals surface area contributed by atoms with Gasteiger partial charge in [0.2, 0.25) is 5.91 Å². The second-order valence-corrected chi connectivity index (χ2v) is 6.21. The van der Waals surface area contributed by atoms with Crippen LogP contribution in [-0.2, 0) is 14.4 Å². The number of aromatic nitrogens is 1. The van der Waals surface area contributed by atoms with Crippen molar-refractivity contribution < 1.29 is 14.4 Å². The molecule has 0 aliphatic carbocycles. The molecule has 1 aromatic rings. The minimum atomic E-state index is -0.347. The number of amides is 1. The van der Waals surface area contributed by atoms with E-state index in [1.54, 1.807) is 13.2 Å². The van der Waals surface area contributed by atoms with Gasteiger partial charge in [-0.1, -0.05) is 6.07 Å². The summed E-state index contributed by atoms with van der Waals surface area (Å²) in [7, 11) is 1.60. The highest BCUT2D eigenvalue weighted by molar-refractivity contribution is 5.83. The molecule has 1 saturated heterocycles. The molecule has 1 aliphatic heterocycles. The Morgan fingerprint density at radius 2 is 2.17 bits per heavy atom. The summed E-state index contributed by atoms with van der Waals surface area (Å²) < 4.78 is 0. The Morgan fingerprint density at radius 1 is 1.38 bits per heavy atom. The van der Waals surface area contributed by atoms with E-state index in [9.17, 15) is 14.4 Å². The number of carbonyl (C=O) groups excluding carboxylic acids is 3. The predicted octanol–water partition coefficient (Wildman–Crippen LogP) is 1.70. The average molecular weight is 331 g/mol. The maximum Gasteiger partial charge on any atom is 0.227 e. The van der Waals surface area contributed by atoms with Gasteiger partial charge < -0.3 is 19.8 Å². The van der Waals surface area contributed by atoms with Gasteiger partial charge in [-0.25, -0.2) is 4.98 Å². The van der Waals surface area contributed by atoms with Gasteiger partial charge in [-0.05, 0) is 36.8 Å². The van der Waals surface area contributed by atoms with Gasteiger partial charge in [0, 0.05) is 39.2 Å². The predicted molar refractivity (Wildman–Crippen MR) is 92.0 cm³/mol. The molecule has 6 heteroatoms. The molecular formula is C18H25N3O3. The highest BCUT2D eigenvalue weighted by atomic mass is 16.1. The zero-order valence-electron chi connectivity index (χ0n) is 14.1. The Balaban J connectivity index is 2.02. The second-order valence-electron chi connectivity index (χ2n) is 6.21. The molecule has 2 unspecified atom stereocenters. The molecule has 1 amide bonds. The zero-order valence-corrected chi connectivity index (χ0v) is 14.1. The quantitative estimate of drug-likeness (QED) is 0.697. The van der Waals surface area contributed by atoms with Crippen LogP contribution in [0.1, 0.15) is 43.6 Å². The van der Waals surface area contributed by atoms with Crippen molar-refractivity contribution in [2.75, 3.05) is 25.0 Å². The molecule has 6 nitrogen and oxygen atoms in total. The smallest absolute Gasteiger partial charge is 0.227 e. The number of nitrogens with zero attached hydrogens (tertiary/aromatic N) is 2. The summed E-state index contributed by atoms with van der Waals surface area (Å²) in [5.74, 6) is 1.00. The van der Waals surface area contributed by atoms with Crippen LogP contribution in [0.2, 0.25) is 0 Å². The first-order valence-corrected chi connectivity index (χ1v) is 8.49.